The van der Waals surface area contributed by atoms with Crippen molar-refractivity contribution in [2.45, 2.75) is 51.7 Å². The van der Waals surface area contributed by atoms with Crippen molar-refractivity contribution in [3.63, 3.8) is 0 Å². The molecule has 5 N–H and O–H groups in total. The monoisotopic (exact) mass is 368 g/mol. The van der Waals surface area contributed by atoms with Gasteiger partial charge in [-0.15, -0.1) is 0 Å². The minimum absolute atomic E-state index is 0.0787. The number of rotatable bonds is 6. The quantitative estimate of drug-likeness (QED) is 0.452. The molecule has 0 amide bonds. The lowest BCUT2D eigenvalue weighted by molar-refractivity contribution is -0.146. The Morgan fingerprint density at radius 3 is 2.54 bits per heavy atom. The Bertz CT molecular complexity index is 573. The maximum atomic E-state index is 11.4. The van der Waals surface area contributed by atoms with Crippen molar-refractivity contribution >= 4 is 5.97 Å². The molecule has 2 rings (SSSR count). The highest BCUT2D eigenvalue weighted by Gasteiger charge is 2.57. The van der Waals surface area contributed by atoms with Crippen LogP contribution in [0.2, 0.25) is 0 Å². The van der Waals surface area contributed by atoms with Crippen molar-refractivity contribution in [1.29, 1.82) is 0 Å². The molecule has 2 aliphatic rings. The van der Waals surface area contributed by atoms with Crippen molar-refractivity contribution in [2.75, 3.05) is 13.2 Å². The topological polar surface area (TPSA) is 118 Å². The van der Waals surface area contributed by atoms with Gasteiger partial charge in [-0.05, 0) is 37.0 Å². The molecule has 148 valence electrons. The highest BCUT2D eigenvalue weighted by atomic mass is 16.4. The van der Waals surface area contributed by atoms with Gasteiger partial charge in [-0.1, -0.05) is 38.2 Å². The molecule has 2 fully saturated rings. The van der Waals surface area contributed by atoms with E-state index in [0.717, 1.165) is 24.8 Å². The average Bonchev–Trinajstić information content (AvgIpc) is 2.60. The molecule has 2 saturated carbocycles. The summed E-state index contributed by atoms with van der Waals surface area (Å²) in [4.78, 5) is 11.4. The Morgan fingerprint density at radius 2 is 2.00 bits per heavy atom. The summed E-state index contributed by atoms with van der Waals surface area (Å²) < 4.78 is 0. The molecule has 0 saturated heterocycles. The van der Waals surface area contributed by atoms with Gasteiger partial charge in [0, 0.05) is 11.3 Å². The van der Waals surface area contributed by atoms with E-state index >= 15 is 0 Å². The van der Waals surface area contributed by atoms with E-state index in [1.165, 1.54) is 6.08 Å². The fourth-order valence-corrected chi connectivity index (χ4v) is 5.21. The molecule has 0 aromatic heterocycles. The Hall–Kier alpha value is -1.21. The zero-order valence-corrected chi connectivity index (χ0v) is 15.6. The predicted molar refractivity (Wildman–Crippen MR) is 97.3 cm³/mol. The number of carboxylic acids is 1. The van der Waals surface area contributed by atoms with Crippen LogP contribution in [0.5, 0.6) is 0 Å². The minimum atomic E-state index is -1.36. The Labute approximate surface area is 154 Å². The molecule has 2 aliphatic carbocycles. The number of aliphatic hydroxyl groups is 4. The molecule has 0 aromatic rings. The fourth-order valence-electron chi connectivity index (χ4n) is 5.21. The zero-order valence-electron chi connectivity index (χ0n) is 15.6. The summed E-state index contributed by atoms with van der Waals surface area (Å²) in [5, 5.41) is 48.6. The van der Waals surface area contributed by atoms with Gasteiger partial charge in [-0.2, -0.15) is 0 Å². The second-order valence-corrected chi connectivity index (χ2v) is 8.45. The van der Waals surface area contributed by atoms with E-state index in [0.29, 0.717) is 6.42 Å². The summed E-state index contributed by atoms with van der Waals surface area (Å²) in [6.07, 6.45) is 4.22. The highest BCUT2D eigenvalue weighted by Crippen LogP contribution is 2.61. The van der Waals surface area contributed by atoms with Gasteiger partial charge in [0.15, 0.2) is 0 Å². The van der Waals surface area contributed by atoms with Gasteiger partial charge in [0.2, 0.25) is 0 Å². The van der Waals surface area contributed by atoms with Crippen molar-refractivity contribution in [2.24, 2.45) is 28.6 Å². The Kier molecular flexibility index (Phi) is 6.33. The number of hydrogen-bond acceptors (Lipinski definition) is 5. The first-order valence-electron chi connectivity index (χ1n) is 9.28. The van der Waals surface area contributed by atoms with Crippen LogP contribution in [0, 0.1) is 28.6 Å². The Morgan fingerprint density at radius 1 is 1.35 bits per heavy atom. The molecule has 0 heterocycles. The van der Waals surface area contributed by atoms with E-state index in [1.54, 1.807) is 6.08 Å². The molecule has 0 aliphatic heterocycles. The van der Waals surface area contributed by atoms with E-state index in [4.69, 9.17) is 5.11 Å². The van der Waals surface area contributed by atoms with Crippen LogP contribution >= 0.6 is 0 Å². The molecule has 2 unspecified atom stereocenters. The summed E-state index contributed by atoms with van der Waals surface area (Å²) in [6, 6.07) is 0. The lowest BCUT2D eigenvalue weighted by atomic mass is 9.46. The molecule has 0 radical (unpaired) electrons. The van der Waals surface area contributed by atoms with Crippen LogP contribution in [0.4, 0.5) is 0 Å². The maximum absolute atomic E-state index is 11.4. The van der Waals surface area contributed by atoms with Crippen LogP contribution in [-0.2, 0) is 4.79 Å². The number of carboxylic acid groups (broad SMARTS) is 1. The van der Waals surface area contributed by atoms with E-state index in [1.807, 2.05) is 6.92 Å². The normalized spacial score (nSPS) is 40.2. The summed E-state index contributed by atoms with van der Waals surface area (Å²) in [7, 11) is 0. The number of fused-ring (bicyclic) bond motifs is 1. The number of carbonyl (C=O) groups is 1. The van der Waals surface area contributed by atoms with Crippen LogP contribution in [0.3, 0.4) is 0 Å². The molecule has 0 bridgehead atoms. The van der Waals surface area contributed by atoms with Gasteiger partial charge in [0.05, 0.1) is 25.4 Å². The van der Waals surface area contributed by atoms with Crippen LogP contribution in [0.25, 0.3) is 0 Å². The minimum Gasteiger partial charge on any atom is -0.481 e. The second kappa shape index (κ2) is 7.80. The molecule has 0 spiro atoms. The van der Waals surface area contributed by atoms with E-state index in [9.17, 15) is 25.2 Å². The third-order valence-corrected chi connectivity index (χ3v) is 6.95. The van der Waals surface area contributed by atoms with E-state index < -0.39 is 36.1 Å². The first-order valence-corrected chi connectivity index (χ1v) is 9.28. The number of aliphatic hydroxyl groups excluding tert-OH is 4. The second-order valence-electron chi connectivity index (χ2n) is 8.45. The first-order chi connectivity index (χ1) is 12.1. The summed E-state index contributed by atoms with van der Waals surface area (Å²) >= 11 is 0. The first kappa shape index (κ1) is 21.1. The van der Waals surface area contributed by atoms with E-state index in [2.05, 4.69) is 13.5 Å². The third-order valence-electron chi connectivity index (χ3n) is 6.95. The average molecular weight is 368 g/mol. The fraction of sp³-hybridized carbons (Fsp3) is 0.750. The van der Waals surface area contributed by atoms with Gasteiger partial charge in [0.1, 0.15) is 5.92 Å². The molecule has 6 nitrogen and oxygen atoms in total. The largest absolute Gasteiger partial charge is 0.481 e. The Balaban J connectivity index is 2.36. The summed E-state index contributed by atoms with van der Waals surface area (Å²) in [5.41, 5.74) is 0.145. The lowest BCUT2D eigenvalue weighted by Crippen LogP contribution is -2.57. The predicted octanol–water partition coefficient (Wildman–Crippen LogP) is 1.34. The molecule has 6 heteroatoms. The SMILES string of the molecule is C=C1CCC2[C@](C)(CO)[C@H](O)CC[C@@]2(C)[C@@H]1/C=C/C(C(=O)O)[C@H](O)CO. The molecule has 0 aromatic carbocycles. The van der Waals surface area contributed by atoms with Gasteiger partial charge < -0.3 is 25.5 Å². The maximum Gasteiger partial charge on any atom is 0.313 e. The van der Waals surface area contributed by atoms with Gasteiger partial charge in [-0.3, -0.25) is 4.79 Å². The van der Waals surface area contributed by atoms with Crippen molar-refractivity contribution in [3.8, 4) is 0 Å². The molecular weight excluding hydrogens is 336 g/mol. The lowest BCUT2D eigenvalue weighted by Gasteiger charge is -2.59. The summed E-state index contributed by atoms with van der Waals surface area (Å²) in [5.74, 6) is -2.40. The van der Waals surface area contributed by atoms with Gasteiger partial charge >= 0.3 is 5.97 Å². The molecule has 26 heavy (non-hydrogen) atoms. The number of hydrogen-bond donors (Lipinski definition) is 5. The van der Waals surface area contributed by atoms with Crippen molar-refractivity contribution in [1.82, 2.24) is 0 Å². The van der Waals surface area contributed by atoms with E-state index in [-0.39, 0.29) is 23.9 Å². The molecule has 7 atom stereocenters. The highest BCUT2D eigenvalue weighted by molar-refractivity contribution is 5.72. The summed E-state index contributed by atoms with van der Waals surface area (Å²) in [6.45, 7) is 7.50. The van der Waals surface area contributed by atoms with Crippen LogP contribution < -0.4 is 0 Å². The smallest absolute Gasteiger partial charge is 0.313 e. The molecular formula is C20H32O6. The van der Waals surface area contributed by atoms with Crippen LogP contribution in [0.1, 0.15) is 39.5 Å². The number of aliphatic carboxylic acids is 1. The standard InChI is InChI=1S/C20H32O6/c1-12-4-7-16-19(2,9-8-17(24)20(16,3)11-22)14(12)6-5-13(18(25)26)15(23)10-21/h5-6,13-17,21-24H,1,4,7-11H2,2-3H3,(H,25,26)/b6-5+/t13?,14-,15-,16?,17-,19+,20+/m1/s1. The zero-order chi connectivity index (χ0) is 19.7. The third kappa shape index (κ3) is 3.48. The van der Waals surface area contributed by atoms with Gasteiger partial charge in [-0.25, -0.2) is 0 Å². The van der Waals surface area contributed by atoms with Crippen LogP contribution in [0.15, 0.2) is 24.3 Å². The number of allylic oxidation sites excluding steroid dienone is 2. The van der Waals surface area contributed by atoms with Gasteiger partial charge in [0.25, 0.3) is 0 Å². The van der Waals surface area contributed by atoms with Crippen molar-refractivity contribution < 1.29 is 30.3 Å². The van der Waals surface area contributed by atoms with Crippen molar-refractivity contribution in [3.05, 3.63) is 24.3 Å². The van der Waals surface area contributed by atoms with Crippen LogP contribution in [-0.4, -0.2) is 56.9 Å².